The number of nitrogens with zero attached hydrogens (tertiary/aromatic N) is 4. The molecule has 0 spiro atoms. The van der Waals surface area contributed by atoms with Gasteiger partial charge in [0.25, 0.3) is 5.91 Å². The molecule has 1 amide bonds. The van der Waals surface area contributed by atoms with Crippen LogP contribution in [0.5, 0.6) is 0 Å². The predicted molar refractivity (Wildman–Crippen MR) is 79.2 cm³/mol. The summed E-state index contributed by atoms with van der Waals surface area (Å²) in [6.45, 7) is 4.12. The first kappa shape index (κ1) is 13.8. The number of benzene rings is 1. The quantitative estimate of drug-likeness (QED) is 0.912. The lowest BCUT2D eigenvalue weighted by atomic mass is 10.1. The minimum Gasteiger partial charge on any atom is -0.337 e. The van der Waals surface area contributed by atoms with Gasteiger partial charge in [-0.05, 0) is 37.9 Å². The van der Waals surface area contributed by atoms with E-state index in [2.05, 4.69) is 10.3 Å². The van der Waals surface area contributed by atoms with Gasteiger partial charge in [-0.1, -0.05) is 22.9 Å². The van der Waals surface area contributed by atoms with Crippen LogP contribution in [0.2, 0.25) is 0 Å². The lowest BCUT2D eigenvalue weighted by Gasteiger charge is -2.13. The molecule has 6 heteroatoms. The Kier molecular flexibility index (Phi) is 3.70. The summed E-state index contributed by atoms with van der Waals surface area (Å²) in [5.41, 5.74) is 8.12. The van der Waals surface area contributed by atoms with E-state index in [-0.39, 0.29) is 5.91 Å². The van der Waals surface area contributed by atoms with Crippen LogP contribution in [0, 0.1) is 12.8 Å². The highest BCUT2D eigenvalue weighted by atomic mass is 16.2. The normalized spacial score (nSPS) is 18.2. The molecule has 110 valence electrons. The molecule has 1 saturated heterocycles. The van der Waals surface area contributed by atoms with Crippen molar-refractivity contribution in [2.75, 3.05) is 19.6 Å². The molecular formula is C15H19N5O. The highest BCUT2D eigenvalue weighted by Gasteiger charge is 2.27. The van der Waals surface area contributed by atoms with Gasteiger partial charge in [-0.25, -0.2) is 4.68 Å². The van der Waals surface area contributed by atoms with Crippen molar-refractivity contribution in [3.63, 3.8) is 0 Å². The van der Waals surface area contributed by atoms with Crippen molar-refractivity contribution >= 4 is 5.91 Å². The van der Waals surface area contributed by atoms with Gasteiger partial charge >= 0.3 is 0 Å². The Morgan fingerprint density at radius 3 is 2.81 bits per heavy atom. The van der Waals surface area contributed by atoms with Gasteiger partial charge in [0, 0.05) is 13.1 Å². The second-order valence-electron chi connectivity index (χ2n) is 5.53. The van der Waals surface area contributed by atoms with Crippen LogP contribution in [0.25, 0.3) is 5.69 Å². The molecule has 0 saturated carbocycles. The molecule has 2 heterocycles. The first-order chi connectivity index (χ1) is 10.2. The lowest BCUT2D eigenvalue weighted by Crippen LogP contribution is -2.30. The molecule has 1 unspecified atom stereocenters. The second kappa shape index (κ2) is 5.65. The highest BCUT2D eigenvalue weighted by Crippen LogP contribution is 2.17. The van der Waals surface area contributed by atoms with Crippen LogP contribution in [0.4, 0.5) is 0 Å². The van der Waals surface area contributed by atoms with Gasteiger partial charge in [-0.2, -0.15) is 0 Å². The van der Waals surface area contributed by atoms with Crippen LogP contribution in [0.15, 0.2) is 30.5 Å². The van der Waals surface area contributed by atoms with E-state index in [4.69, 9.17) is 5.73 Å². The Morgan fingerprint density at radius 1 is 1.38 bits per heavy atom. The zero-order chi connectivity index (χ0) is 14.8. The minimum absolute atomic E-state index is 0.0655. The number of hydrogen-bond donors (Lipinski definition) is 1. The molecule has 1 atom stereocenters. The number of aromatic nitrogens is 3. The summed E-state index contributed by atoms with van der Waals surface area (Å²) in [6.07, 6.45) is 2.65. The van der Waals surface area contributed by atoms with E-state index in [1.54, 1.807) is 15.8 Å². The number of carbonyl (C=O) groups is 1. The smallest absolute Gasteiger partial charge is 0.276 e. The van der Waals surface area contributed by atoms with E-state index >= 15 is 0 Å². The van der Waals surface area contributed by atoms with Gasteiger partial charge in [-0.15, -0.1) is 5.10 Å². The summed E-state index contributed by atoms with van der Waals surface area (Å²) in [7, 11) is 0. The Bertz CT molecular complexity index is 634. The van der Waals surface area contributed by atoms with E-state index in [9.17, 15) is 4.79 Å². The molecule has 1 aromatic heterocycles. The molecule has 2 N–H and O–H groups in total. The molecule has 1 aromatic carbocycles. The maximum atomic E-state index is 12.4. The maximum absolute atomic E-state index is 12.4. The van der Waals surface area contributed by atoms with Crippen molar-refractivity contribution in [3.8, 4) is 5.69 Å². The number of aryl methyl sites for hydroxylation is 1. The van der Waals surface area contributed by atoms with Crippen molar-refractivity contribution in [1.29, 1.82) is 0 Å². The van der Waals surface area contributed by atoms with Crippen molar-refractivity contribution in [3.05, 3.63) is 41.7 Å². The number of amides is 1. The fraction of sp³-hybridized carbons (Fsp3) is 0.400. The van der Waals surface area contributed by atoms with Gasteiger partial charge in [0.2, 0.25) is 0 Å². The van der Waals surface area contributed by atoms with Crippen LogP contribution in [0.3, 0.4) is 0 Å². The first-order valence-corrected chi connectivity index (χ1v) is 7.16. The number of rotatable bonds is 3. The summed E-state index contributed by atoms with van der Waals surface area (Å²) in [6, 6.07) is 7.92. The van der Waals surface area contributed by atoms with Crippen molar-refractivity contribution in [1.82, 2.24) is 19.9 Å². The SMILES string of the molecule is Cc1ccc(-n2cc(C(=O)N3CCC(CN)C3)nn2)cc1. The van der Waals surface area contributed by atoms with Crippen LogP contribution in [-0.4, -0.2) is 45.4 Å². The van der Waals surface area contributed by atoms with Gasteiger partial charge in [0.05, 0.1) is 11.9 Å². The third-order valence-corrected chi connectivity index (χ3v) is 3.92. The monoisotopic (exact) mass is 285 g/mol. The van der Waals surface area contributed by atoms with Crippen LogP contribution in [0.1, 0.15) is 22.5 Å². The minimum atomic E-state index is -0.0655. The average Bonchev–Trinajstić information content (AvgIpc) is 3.16. The van der Waals surface area contributed by atoms with Crippen LogP contribution >= 0.6 is 0 Å². The number of likely N-dealkylation sites (tertiary alicyclic amines) is 1. The molecule has 1 fully saturated rings. The molecule has 2 aromatic rings. The third-order valence-electron chi connectivity index (χ3n) is 3.92. The summed E-state index contributed by atoms with van der Waals surface area (Å²) in [5, 5.41) is 8.04. The molecule has 1 aliphatic heterocycles. The van der Waals surface area contributed by atoms with E-state index < -0.39 is 0 Å². The van der Waals surface area contributed by atoms with Crippen molar-refractivity contribution in [2.24, 2.45) is 11.7 Å². The van der Waals surface area contributed by atoms with Gasteiger partial charge in [0.1, 0.15) is 0 Å². The molecular weight excluding hydrogens is 266 g/mol. The summed E-state index contributed by atoms with van der Waals surface area (Å²) in [5.74, 6) is 0.338. The number of hydrogen-bond acceptors (Lipinski definition) is 4. The standard InChI is InChI=1S/C15H19N5O/c1-11-2-4-13(5-3-11)20-10-14(17-18-20)15(21)19-7-6-12(8-16)9-19/h2-5,10,12H,6-9,16H2,1H3. The lowest BCUT2D eigenvalue weighted by molar-refractivity contribution is 0.0782. The van der Waals surface area contributed by atoms with Crippen LogP contribution < -0.4 is 5.73 Å². The Morgan fingerprint density at radius 2 is 2.14 bits per heavy atom. The largest absolute Gasteiger partial charge is 0.337 e. The average molecular weight is 285 g/mol. The first-order valence-electron chi connectivity index (χ1n) is 7.16. The molecule has 1 aliphatic rings. The van der Waals surface area contributed by atoms with E-state index in [1.165, 1.54) is 5.56 Å². The molecule has 0 bridgehead atoms. The van der Waals surface area contributed by atoms with E-state index in [0.717, 1.165) is 18.7 Å². The summed E-state index contributed by atoms with van der Waals surface area (Å²) >= 11 is 0. The Labute approximate surface area is 123 Å². The van der Waals surface area contributed by atoms with Crippen LogP contribution in [-0.2, 0) is 0 Å². The fourth-order valence-electron chi connectivity index (χ4n) is 2.56. The van der Waals surface area contributed by atoms with Crippen molar-refractivity contribution in [2.45, 2.75) is 13.3 Å². The maximum Gasteiger partial charge on any atom is 0.276 e. The van der Waals surface area contributed by atoms with E-state index in [1.807, 2.05) is 31.2 Å². The highest BCUT2D eigenvalue weighted by molar-refractivity contribution is 5.92. The number of carbonyl (C=O) groups excluding carboxylic acids is 1. The van der Waals surface area contributed by atoms with Crippen molar-refractivity contribution < 1.29 is 4.79 Å². The molecule has 3 rings (SSSR count). The summed E-state index contributed by atoms with van der Waals surface area (Å²) < 4.78 is 1.63. The second-order valence-corrected chi connectivity index (χ2v) is 5.53. The zero-order valence-corrected chi connectivity index (χ0v) is 12.1. The van der Waals surface area contributed by atoms with Gasteiger partial charge < -0.3 is 10.6 Å². The predicted octanol–water partition coefficient (Wildman–Crippen LogP) is 0.997. The molecule has 0 aliphatic carbocycles. The molecule has 21 heavy (non-hydrogen) atoms. The Hall–Kier alpha value is -2.21. The molecule has 0 radical (unpaired) electrons. The Balaban J connectivity index is 1.75. The summed E-state index contributed by atoms with van der Waals surface area (Å²) in [4.78, 5) is 14.2. The third kappa shape index (κ3) is 2.80. The van der Waals surface area contributed by atoms with Gasteiger partial charge in [-0.3, -0.25) is 4.79 Å². The topological polar surface area (TPSA) is 77.0 Å². The number of nitrogens with two attached hydrogens (primary N) is 1. The van der Waals surface area contributed by atoms with Gasteiger partial charge in [0.15, 0.2) is 5.69 Å². The fourth-order valence-corrected chi connectivity index (χ4v) is 2.56. The zero-order valence-electron chi connectivity index (χ0n) is 12.1. The van der Waals surface area contributed by atoms with E-state index in [0.29, 0.717) is 24.7 Å². The molecule has 6 nitrogen and oxygen atoms in total.